The second kappa shape index (κ2) is 5.49. The van der Waals surface area contributed by atoms with Crippen molar-refractivity contribution in [3.8, 4) is 0 Å². The molecule has 18 heavy (non-hydrogen) atoms. The van der Waals surface area contributed by atoms with Crippen LogP contribution in [0.5, 0.6) is 0 Å². The Morgan fingerprint density at radius 1 is 1.39 bits per heavy atom. The van der Waals surface area contributed by atoms with E-state index in [-0.39, 0.29) is 10.6 Å². The number of benzene rings is 1. The van der Waals surface area contributed by atoms with E-state index in [1.807, 2.05) is 19.1 Å². The Bertz CT molecular complexity index is 583. The highest BCUT2D eigenvalue weighted by molar-refractivity contribution is 9.11. The van der Waals surface area contributed by atoms with Crippen LogP contribution in [0.3, 0.4) is 0 Å². The van der Waals surface area contributed by atoms with Crippen molar-refractivity contribution in [1.29, 1.82) is 0 Å². The van der Waals surface area contributed by atoms with Gasteiger partial charge in [-0.2, -0.15) is 0 Å². The van der Waals surface area contributed by atoms with Gasteiger partial charge in [0.15, 0.2) is 0 Å². The van der Waals surface area contributed by atoms with Gasteiger partial charge in [0.2, 0.25) is 0 Å². The number of anilines is 1. The van der Waals surface area contributed by atoms with Gasteiger partial charge in [0.05, 0.1) is 8.71 Å². The molecule has 0 aliphatic rings. The Kier molecular flexibility index (Phi) is 3.98. The van der Waals surface area contributed by atoms with Crippen molar-refractivity contribution in [3.63, 3.8) is 0 Å². The third-order valence-corrected chi connectivity index (χ3v) is 4.13. The van der Waals surface area contributed by atoms with Crippen LogP contribution in [0, 0.1) is 17.0 Å². The molecule has 0 spiro atoms. The summed E-state index contributed by atoms with van der Waals surface area (Å²) in [5.41, 5.74) is 1.92. The van der Waals surface area contributed by atoms with E-state index in [2.05, 4.69) is 21.2 Å². The molecule has 1 heterocycles. The monoisotopic (exact) mass is 326 g/mol. The fourth-order valence-electron chi connectivity index (χ4n) is 1.59. The molecule has 94 valence electrons. The molecule has 0 aliphatic carbocycles. The van der Waals surface area contributed by atoms with E-state index >= 15 is 0 Å². The number of aryl methyl sites for hydroxylation is 1. The van der Waals surface area contributed by atoms with Gasteiger partial charge >= 0.3 is 0 Å². The van der Waals surface area contributed by atoms with Crippen LogP contribution in [0.25, 0.3) is 0 Å². The van der Waals surface area contributed by atoms with Crippen LogP contribution in [0.4, 0.5) is 11.4 Å². The van der Waals surface area contributed by atoms with Crippen molar-refractivity contribution < 1.29 is 4.92 Å². The van der Waals surface area contributed by atoms with Crippen LogP contribution in [0.1, 0.15) is 10.4 Å². The van der Waals surface area contributed by atoms with Crippen LogP contribution in [-0.2, 0) is 6.54 Å². The number of hydrogen-bond acceptors (Lipinski definition) is 4. The summed E-state index contributed by atoms with van der Waals surface area (Å²) in [5.74, 6) is 0. The van der Waals surface area contributed by atoms with Gasteiger partial charge < -0.3 is 5.32 Å². The van der Waals surface area contributed by atoms with Gasteiger partial charge in [-0.1, -0.05) is 0 Å². The average Bonchev–Trinajstić information content (AvgIpc) is 2.73. The smallest absolute Gasteiger partial charge is 0.269 e. The lowest BCUT2D eigenvalue weighted by Gasteiger charge is -2.07. The first-order valence-corrected chi connectivity index (χ1v) is 6.90. The number of halogens is 1. The summed E-state index contributed by atoms with van der Waals surface area (Å²) in [4.78, 5) is 11.5. The van der Waals surface area contributed by atoms with Gasteiger partial charge in [-0.25, -0.2) is 0 Å². The second-order valence-corrected chi connectivity index (χ2v) is 6.36. The Morgan fingerprint density at radius 2 is 2.17 bits per heavy atom. The maximum atomic E-state index is 10.6. The molecule has 6 heteroatoms. The molecular formula is C12H11BrN2O2S. The average molecular weight is 327 g/mol. The molecule has 0 amide bonds. The summed E-state index contributed by atoms with van der Waals surface area (Å²) in [6.45, 7) is 2.58. The molecule has 1 aromatic heterocycles. The molecule has 0 aliphatic heterocycles. The van der Waals surface area contributed by atoms with E-state index in [1.54, 1.807) is 23.5 Å². The van der Waals surface area contributed by atoms with E-state index < -0.39 is 0 Å². The van der Waals surface area contributed by atoms with Crippen molar-refractivity contribution in [1.82, 2.24) is 0 Å². The Morgan fingerprint density at radius 3 is 2.72 bits per heavy atom. The number of thiophene rings is 1. The van der Waals surface area contributed by atoms with Crippen LogP contribution in [-0.4, -0.2) is 4.92 Å². The molecule has 0 bridgehead atoms. The molecular weight excluding hydrogens is 316 g/mol. The molecule has 1 aromatic carbocycles. The summed E-state index contributed by atoms with van der Waals surface area (Å²) in [6, 6.07) is 8.88. The highest BCUT2D eigenvalue weighted by atomic mass is 79.9. The standard InChI is InChI=1S/C12H11BrN2O2S/c1-8-6-9(15(16)17)2-4-11(8)14-7-10-3-5-12(13)18-10/h2-6,14H,7H2,1H3. The summed E-state index contributed by atoms with van der Waals surface area (Å²) in [6.07, 6.45) is 0. The first-order chi connectivity index (χ1) is 8.56. The van der Waals surface area contributed by atoms with Crippen molar-refractivity contribution in [2.75, 3.05) is 5.32 Å². The molecule has 2 rings (SSSR count). The van der Waals surface area contributed by atoms with Crippen molar-refractivity contribution in [2.24, 2.45) is 0 Å². The summed E-state index contributed by atoms with van der Waals surface area (Å²) in [5, 5.41) is 13.9. The third kappa shape index (κ3) is 3.08. The van der Waals surface area contributed by atoms with E-state index in [9.17, 15) is 10.1 Å². The summed E-state index contributed by atoms with van der Waals surface area (Å²) < 4.78 is 1.10. The number of nitro groups is 1. The first-order valence-electron chi connectivity index (χ1n) is 5.29. The molecule has 1 N–H and O–H groups in total. The van der Waals surface area contributed by atoms with E-state index in [0.717, 1.165) is 21.6 Å². The number of non-ortho nitro benzene ring substituents is 1. The third-order valence-electron chi connectivity index (χ3n) is 2.50. The fraction of sp³-hybridized carbons (Fsp3) is 0.167. The Labute approximate surface area is 117 Å². The number of nitrogens with one attached hydrogen (secondary N) is 1. The van der Waals surface area contributed by atoms with Gasteiger partial charge in [-0.3, -0.25) is 10.1 Å². The summed E-state index contributed by atoms with van der Waals surface area (Å²) >= 11 is 5.08. The minimum absolute atomic E-state index is 0.122. The van der Waals surface area contributed by atoms with Crippen LogP contribution >= 0.6 is 27.3 Å². The zero-order valence-corrected chi connectivity index (χ0v) is 12.0. The minimum Gasteiger partial charge on any atom is -0.380 e. The Hall–Kier alpha value is -1.40. The van der Waals surface area contributed by atoms with Gasteiger partial charge in [-0.15, -0.1) is 11.3 Å². The lowest BCUT2D eigenvalue weighted by molar-refractivity contribution is -0.384. The molecule has 0 atom stereocenters. The fourth-order valence-corrected chi connectivity index (χ4v) is 3.01. The Balaban J connectivity index is 2.08. The van der Waals surface area contributed by atoms with Crippen molar-refractivity contribution in [3.05, 3.63) is 54.7 Å². The van der Waals surface area contributed by atoms with E-state index in [1.165, 1.54) is 10.9 Å². The van der Waals surface area contributed by atoms with E-state index in [4.69, 9.17) is 0 Å². The van der Waals surface area contributed by atoms with Crippen LogP contribution < -0.4 is 5.32 Å². The second-order valence-electron chi connectivity index (χ2n) is 3.82. The predicted molar refractivity (Wildman–Crippen MR) is 77.2 cm³/mol. The molecule has 0 radical (unpaired) electrons. The number of nitrogens with zero attached hydrogens (tertiary/aromatic N) is 1. The lowest BCUT2D eigenvalue weighted by Crippen LogP contribution is -2.00. The predicted octanol–water partition coefficient (Wildman–Crippen LogP) is 4.34. The SMILES string of the molecule is Cc1cc([N+](=O)[O-])ccc1NCc1ccc(Br)s1. The number of hydrogen-bond donors (Lipinski definition) is 1. The van der Waals surface area contributed by atoms with Gasteiger partial charge in [0.25, 0.3) is 5.69 Å². The first kappa shape index (κ1) is 13.0. The number of nitro benzene ring substituents is 1. The number of rotatable bonds is 4. The van der Waals surface area contributed by atoms with Gasteiger partial charge in [0.1, 0.15) is 0 Å². The molecule has 4 nitrogen and oxygen atoms in total. The van der Waals surface area contributed by atoms with Crippen LogP contribution in [0.15, 0.2) is 34.1 Å². The normalized spacial score (nSPS) is 10.3. The lowest BCUT2D eigenvalue weighted by atomic mass is 10.2. The molecule has 0 saturated carbocycles. The highest BCUT2D eigenvalue weighted by Gasteiger charge is 2.07. The maximum Gasteiger partial charge on any atom is 0.269 e. The quantitative estimate of drug-likeness (QED) is 0.671. The molecule has 0 fully saturated rings. The molecule has 2 aromatic rings. The summed E-state index contributed by atoms with van der Waals surface area (Å²) in [7, 11) is 0. The highest BCUT2D eigenvalue weighted by Crippen LogP contribution is 2.25. The van der Waals surface area contributed by atoms with E-state index in [0.29, 0.717) is 0 Å². The van der Waals surface area contributed by atoms with Gasteiger partial charge in [-0.05, 0) is 46.6 Å². The minimum atomic E-state index is -0.382. The maximum absolute atomic E-state index is 10.6. The zero-order valence-electron chi connectivity index (χ0n) is 9.64. The van der Waals surface area contributed by atoms with Crippen LogP contribution in [0.2, 0.25) is 0 Å². The molecule has 0 saturated heterocycles. The zero-order chi connectivity index (χ0) is 13.1. The van der Waals surface area contributed by atoms with Crippen molar-refractivity contribution >= 4 is 38.6 Å². The molecule has 0 unspecified atom stereocenters. The topological polar surface area (TPSA) is 55.2 Å². The van der Waals surface area contributed by atoms with Crippen molar-refractivity contribution in [2.45, 2.75) is 13.5 Å². The largest absolute Gasteiger partial charge is 0.380 e. The van der Waals surface area contributed by atoms with Gasteiger partial charge in [0, 0.05) is 29.2 Å².